The van der Waals surface area contributed by atoms with Crippen LogP contribution in [0, 0.1) is 5.82 Å². The summed E-state index contributed by atoms with van der Waals surface area (Å²) in [5, 5.41) is 0. The summed E-state index contributed by atoms with van der Waals surface area (Å²) in [5.74, 6) is -0.239. The molecule has 0 radical (unpaired) electrons. The maximum atomic E-state index is 13.0. The van der Waals surface area contributed by atoms with E-state index in [1.807, 2.05) is 37.3 Å². The number of nitrogens with zero attached hydrogens (tertiary/aromatic N) is 1. The molecule has 0 saturated carbocycles. The van der Waals surface area contributed by atoms with Crippen LogP contribution >= 0.6 is 0 Å². The lowest BCUT2D eigenvalue weighted by Gasteiger charge is -2.26. The van der Waals surface area contributed by atoms with Gasteiger partial charge in [-0.3, -0.25) is 4.79 Å². The van der Waals surface area contributed by atoms with Crippen LogP contribution in [0.4, 0.5) is 4.39 Å². The molecule has 0 saturated heterocycles. The average Bonchev–Trinajstić information content (AvgIpc) is 2.59. The third kappa shape index (κ3) is 4.63. The van der Waals surface area contributed by atoms with E-state index >= 15 is 0 Å². The zero-order valence-electron chi connectivity index (χ0n) is 13.6. The van der Waals surface area contributed by atoms with Gasteiger partial charge in [0.25, 0.3) is 0 Å². The Balaban J connectivity index is 1.90. The first-order valence-electron chi connectivity index (χ1n) is 7.80. The molecule has 2 N–H and O–H groups in total. The number of hydrogen-bond donors (Lipinski definition) is 1. The third-order valence-electron chi connectivity index (χ3n) is 4.22. The molecular formula is C19H23FN2O. The van der Waals surface area contributed by atoms with Gasteiger partial charge in [-0.2, -0.15) is 0 Å². The van der Waals surface area contributed by atoms with E-state index in [-0.39, 0.29) is 23.8 Å². The molecule has 0 fully saturated rings. The van der Waals surface area contributed by atoms with Crippen molar-refractivity contribution in [2.75, 3.05) is 7.05 Å². The normalized spacial score (nSPS) is 13.4. The van der Waals surface area contributed by atoms with Crippen LogP contribution in [-0.4, -0.2) is 17.9 Å². The number of carbonyl (C=O) groups is 1. The Morgan fingerprint density at radius 1 is 1.09 bits per heavy atom. The average molecular weight is 314 g/mol. The second-order valence-electron chi connectivity index (χ2n) is 5.79. The Morgan fingerprint density at radius 2 is 1.70 bits per heavy atom. The first-order valence-corrected chi connectivity index (χ1v) is 7.80. The molecule has 2 atom stereocenters. The number of rotatable bonds is 6. The maximum absolute atomic E-state index is 13.0. The van der Waals surface area contributed by atoms with E-state index in [2.05, 4.69) is 0 Å². The van der Waals surface area contributed by atoms with Gasteiger partial charge in [0, 0.05) is 19.5 Å². The second kappa shape index (κ2) is 7.88. The lowest BCUT2D eigenvalue weighted by Crippen LogP contribution is -2.30. The molecule has 0 bridgehead atoms. The SMILES string of the molecule is C[C@H](c1ccc(F)cc1)N(C)C(=O)CC[C@@H](N)c1ccccc1. The van der Waals surface area contributed by atoms with E-state index in [1.54, 1.807) is 24.1 Å². The molecule has 0 aliphatic rings. The molecule has 23 heavy (non-hydrogen) atoms. The van der Waals surface area contributed by atoms with Crippen molar-refractivity contribution >= 4 is 5.91 Å². The fourth-order valence-corrected chi connectivity index (χ4v) is 2.50. The standard InChI is InChI=1S/C19H23FN2O/c1-14(15-8-10-17(20)11-9-15)22(2)19(23)13-12-18(21)16-6-4-3-5-7-16/h3-11,14,18H,12-13,21H2,1-2H3/t14-,18-/m1/s1. The van der Waals surface area contributed by atoms with Gasteiger partial charge in [0.2, 0.25) is 5.91 Å². The summed E-state index contributed by atoms with van der Waals surface area (Å²) in [6.45, 7) is 1.93. The molecule has 0 spiro atoms. The molecule has 2 aromatic carbocycles. The van der Waals surface area contributed by atoms with Crippen molar-refractivity contribution in [2.45, 2.75) is 31.8 Å². The zero-order chi connectivity index (χ0) is 16.8. The second-order valence-corrected chi connectivity index (χ2v) is 5.79. The summed E-state index contributed by atoms with van der Waals surface area (Å²) in [6.07, 6.45) is 0.988. The Kier molecular flexibility index (Phi) is 5.88. The number of halogens is 1. The Labute approximate surface area is 136 Å². The lowest BCUT2D eigenvalue weighted by molar-refractivity contribution is -0.132. The monoisotopic (exact) mass is 314 g/mol. The molecule has 3 nitrogen and oxygen atoms in total. The smallest absolute Gasteiger partial charge is 0.222 e. The molecule has 0 aliphatic carbocycles. The number of benzene rings is 2. The zero-order valence-corrected chi connectivity index (χ0v) is 13.6. The summed E-state index contributed by atoms with van der Waals surface area (Å²) in [5.41, 5.74) is 8.08. The first kappa shape index (κ1) is 17.2. The minimum Gasteiger partial charge on any atom is -0.339 e. The molecule has 2 aromatic rings. The van der Waals surface area contributed by atoms with Crippen LogP contribution in [0.2, 0.25) is 0 Å². The van der Waals surface area contributed by atoms with Crippen LogP contribution in [0.1, 0.15) is 43.0 Å². The minimum absolute atomic E-state index is 0.0354. The quantitative estimate of drug-likeness (QED) is 0.881. The molecule has 1 amide bonds. The van der Waals surface area contributed by atoms with Gasteiger partial charge in [-0.05, 0) is 36.6 Å². The van der Waals surface area contributed by atoms with Gasteiger partial charge >= 0.3 is 0 Å². The molecule has 4 heteroatoms. The van der Waals surface area contributed by atoms with Crippen molar-refractivity contribution in [1.29, 1.82) is 0 Å². The largest absolute Gasteiger partial charge is 0.339 e. The topological polar surface area (TPSA) is 46.3 Å². The van der Waals surface area contributed by atoms with Gasteiger partial charge in [-0.25, -0.2) is 4.39 Å². The van der Waals surface area contributed by atoms with E-state index in [1.165, 1.54) is 12.1 Å². The van der Waals surface area contributed by atoms with Crippen molar-refractivity contribution in [2.24, 2.45) is 5.73 Å². The Bertz CT molecular complexity index is 628. The fourth-order valence-electron chi connectivity index (χ4n) is 2.50. The van der Waals surface area contributed by atoms with E-state index in [0.29, 0.717) is 12.8 Å². The highest BCUT2D eigenvalue weighted by Gasteiger charge is 2.18. The molecular weight excluding hydrogens is 291 g/mol. The van der Waals surface area contributed by atoms with Crippen molar-refractivity contribution in [3.8, 4) is 0 Å². The van der Waals surface area contributed by atoms with E-state index in [4.69, 9.17) is 5.73 Å². The van der Waals surface area contributed by atoms with Crippen LogP contribution in [0.3, 0.4) is 0 Å². The number of carbonyl (C=O) groups excluding carboxylic acids is 1. The van der Waals surface area contributed by atoms with Gasteiger partial charge in [0.15, 0.2) is 0 Å². The Hall–Kier alpha value is -2.20. The van der Waals surface area contributed by atoms with Crippen molar-refractivity contribution < 1.29 is 9.18 Å². The summed E-state index contributed by atoms with van der Waals surface area (Å²) in [7, 11) is 1.77. The van der Waals surface area contributed by atoms with E-state index in [0.717, 1.165) is 11.1 Å². The molecule has 0 unspecified atom stereocenters. The van der Waals surface area contributed by atoms with E-state index in [9.17, 15) is 9.18 Å². The van der Waals surface area contributed by atoms with Gasteiger partial charge < -0.3 is 10.6 Å². The minimum atomic E-state index is -0.274. The highest BCUT2D eigenvalue weighted by atomic mass is 19.1. The van der Waals surface area contributed by atoms with Crippen molar-refractivity contribution in [3.05, 3.63) is 71.5 Å². The third-order valence-corrected chi connectivity index (χ3v) is 4.22. The molecule has 2 rings (SSSR count). The number of amides is 1. The number of nitrogens with two attached hydrogens (primary N) is 1. The van der Waals surface area contributed by atoms with Gasteiger partial charge in [-0.15, -0.1) is 0 Å². The maximum Gasteiger partial charge on any atom is 0.222 e. The highest BCUT2D eigenvalue weighted by Crippen LogP contribution is 2.21. The summed E-state index contributed by atoms with van der Waals surface area (Å²) >= 11 is 0. The molecule has 0 aromatic heterocycles. The van der Waals surface area contributed by atoms with Crippen molar-refractivity contribution in [1.82, 2.24) is 4.90 Å². The predicted octanol–water partition coefficient (Wildman–Crippen LogP) is 3.83. The van der Waals surface area contributed by atoms with Gasteiger partial charge in [-0.1, -0.05) is 42.5 Å². The molecule has 122 valence electrons. The van der Waals surface area contributed by atoms with Crippen LogP contribution in [0.25, 0.3) is 0 Å². The first-order chi connectivity index (χ1) is 11.0. The number of hydrogen-bond acceptors (Lipinski definition) is 2. The van der Waals surface area contributed by atoms with Crippen LogP contribution < -0.4 is 5.73 Å². The summed E-state index contributed by atoms with van der Waals surface area (Å²) < 4.78 is 13.0. The fraction of sp³-hybridized carbons (Fsp3) is 0.316. The molecule has 0 aliphatic heterocycles. The van der Waals surface area contributed by atoms with Gasteiger partial charge in [0.05, 0.1) is 6.04 Å². The van der Waals surface area contributed by atoms with E-state index < -0.39 is 0 Å². The van der Waals surface area contributed by atoms with Crippen LogP contribution in [0.15, 0.2) is 54.6 Å². The lowest BCUT2D eigenvalue weighted by atomic mass is 10.0. The van der Waals surface area contributed by atoms with Crippen molar-refractivity contribution in [3.63, 3.8) is 0 Å². The highest BCUT2D eigenvalue weighted by molar-refractivity contribution is 5.76. The van der Waals surface area contributed by atoms with Crippen LogP contribution in [-0.2, 0) is 4.79 Å². The summed E-state index contributed by atoms with van der Waals surface area (Å²) in [6, 6.07) is 15.8. The molecule has 0 heterocycles. The Morgan fingerprint density at radius 3 is 2.30 bits per heavy atom. The summed E-state index contributed by atoms with van der Waals surface area (Å²) in [4.78, 5) is 14.0. The van der Waals surface area contributed by atoms with Crippen LogP contribution in [0.5, 0.6) is 0 Å². The van der Waals surface area contributed by atoms with Gasteiger partial charge in [0.1, 0.15) is 5.82 Å². The predicted molar refractivity (Wildman–Crippen MR) is 90.2 cm³/mol.